The number of benzene rings is 1. The molecule has 1 aromatic carbocycles. The molecule has 90 valence electrons. The first-order chi connectivity index (χ1) is 8.06. The van der Waals surface area contributed by atoms with Crippen molar-refractivity contribution in [1.29, 1.82) is 0 Å². The summed E-state index contributed by atoms with van der Waals surface area (Å²) in [5.74, 6) is 0. The van der Waals surface area contributed by atoms with Gasteiger partial charge < -0.3 is 5.32 Å². The highest BCUT2D eigenvalue weighted by Crippen LogP contribution is 2.10. The summed E-state index contributed by atoms with van der Waals surface area (Å²) < 4.78 is 1.97. The highest BCUT2D eigenvalue weighted by molar-refractivity contribution is 5.32. The lowest BCUT2D eigenvalue weighted by molar-refractivity contribution is 0.418. The highest BCUT2D eigenvalue weighted by atomic mass is 15.3. The van der Waals surface area contributed by atoms with Crippen LogP contribution < -0.4 is 5.32 Å². The first kappa shape index (κ1) is 11.9. The molecule has 0 saturated heterocycles. The van der Waals surface area contributed by atoms with Crippen LogP contribution >= 0.6 is 0 Å². The van der Waals surface area contributed by atoms with E-state index in [0.717, 1.165) is 12.2 Å². The fraction of sp³-hybridized carbons (Fsp3) is 0.357. The number of aromatic nitrogens is 2. The van der Waals surface area contributed by atoms with Gasteiger partial charge in [-0.3, -0.25) is 0 Å². The minimum atomic E-state index is 0.117. The monoisotopic (exact) mass is 229 g/mol. The molecule has 0 unspecified atom stereocenters. The molecule has 0 aliphatic carbocycles. The molecule has 0 aliphatic rings. The lowest BCUT2D eigenvalue weighted by atomic mass is 10.1. The lowest BCUT2D eigenvalue weighted by Gasteiger charge is -2.20. The second kappa shape index (κ2) is 4.72. The van der Waals surface area contributed by atoms with Crippen molar-refractivity contribution >= 4 is 0 Å². The first-order valence-corrected chi connectivity index (χ1v) is 5.90. The van der Waals surface area contributed by atoms with Crippen LogP contribution in [0.25, 0.3) is 5.69 Å². The zero-order valence-electron chi connectivity index (χ0n) is 10.6. The van der Waals surface area contributed by atoms with Gasteiger partial charge in [-0.2, -0.15) is 5.10 Å². The first-order valence-electron chi connectivity index (χ1n) is 5.90. The maximum Gasteiger partial charge on any atom is 0.0649 e. The quantitative estimate of drug-likeness (QED) is 0.877. The second-order valence-corrected chi connectivity index (χ2v) is 5.17. The fourth-order valence-electron chi connectivity index (χ4n) is 1.62. The number of para-hydroxylation sites is 1. The molecule has 17 heavy (non-hydrogen) atoms. The van der Waals surface area contributed by atoms with Crippen molar-refractivity contribution in [3.8, 4) is 5.69 Å². The van der Waals surface area contributed by atoms with Gasteiger partial charge in [-0.1, -0.05) is 18.2 Å². The summed E-state index contributed by atoms with van der Waals surface area (Å²) in [4.78, 5) is 0. The largest absolute Gasteiger partial charge is 0.306 e. The van der Waals surface area contributed by atoms with E-state index in [1.165, 1.54) is 5.69 Å². The molecule has 0 spiro atoms. The number of nitrogens with one attached hydrogen (secondary N) is 1. The Balaban J connectivity index is 2.18. The van der Waals surface area contributed by atoms with Crippen LogP contribution in [0, 0.1) is 0 Å². The Hall–Kier alpha value is -1.61. The molecule has 3 nitrogen and oxygen atoms in total. The van der Waals surface area contributed by atoms with Crippen molar-refractivity contribution in [2.45, 2.75) is 32.9 Å². The molecule has 0 atom stereocenters. The molecule has 0 amide bonds. The van der Waals surface area contributed by atoms with Crippen LogP contribution in [0.1, 0.15) is 26.5 Å². The zero-order chi connectivity index (χ0) is 12.3. The molecule has 0 radical (unpaired) electrons. The molecule has 0 fully saturated rings. The zero-order valence-corrected chi connectivity index (χ0v) is 10.6. The molecular formula is C14H19N3. The van der Waals surface area contributed by atoms with E-state index in [1.807, 2.05) is 35.1 Å². The summed E-state index contributed by atoms with van der Waals surface area (Å²) in [6, 6.07) is 12.2. The molecule has 2 rings (SSSR count). The Morgan fingerprint density at radius 3 is 2.47 bits per heavy atom. The van der Waals surface area contributed by atoms with E-state index in [1.54, 1.807) is 0 Å². The molecule has 1 N–H and O–H groups in total. The van der Waals surface area contributed by atoms with Crippen molar-refractivity contribution in [2.24, 2.45) is 0 Å². The molecule has 0 bridgehead atoms. The SMILES string of the molecule is CC(C)(C)NCc1ccnn1-c1ccccc1. The minimum absolute atomic E-state index is 0.117. The average Bonchev–Trinajstić information content (AvgIpc) is 2.75. The van der Waals surface area contributed by atoms with Gasteiger partial charge in [-0.05, 0) is 39.0 Å². The van der Waals surface area contributed by atoms with Gasteiger partial charge in [0, 0.05) is 18.3 Å². The predicted octanol–water partition coefficient (Wildman–Crippen LogP) is 2.76. The third-order valence-electron chi connectivity index (χ3n) is 2.52. The summed E-state index contributed by atoms with van der Waals surface area (Å²) in [6.45, 7) is 7.31. The van der Waals surface area contributed by atoms with E-state index in [0.29, 0.717) is 0 Å². The average molecular weight is 229 g/mol. The third kappa shape index (κ3) is 3.17. The van der Waals surface area contributed by atoms with Crippen molar-refractivity contribution in [1.82, 2.24) is 15.1 Å². The molecule has 1 heterocycles. The third-order valence-corrected chi connectivity index (χ3v) is 2.52. The Morgan fingerprint density at radius 2 is 1.82 bits per heavy atom. The van der Waals surface area contributed by atoms with E-state index >= 15 is 0 Å². The Morgan fingerprint density at radius 1 is 1.12 bits per heavy atom. The molecule has 3 heteroatoms. The van der Waals surface area contributed by atoms with E-state index in [-0.39, 0.29) is 5.54 Å². The number of hydrogen-bond acceptors (Lipinski definition) is 2. The lowest BCUT2D eigenvalue weighted by Crippen LogP contribution is -2.35. The maximum atomic E-state index is 4.36. The van der Waals surface area contributed by atoms with Gasteiger partial charge in [0.25, 0.3) is 0 Å². The number of hydrogen-bond donors (Lipinski definition) is 1. The van der Waals surface area contributed by atoms with Gasteiger partial charge in [0.1, 0.15) is 0 Å². The van der Waals surface area contributed by atoms with Crippen molar-refractivity contribution in [2.75, 3.05) is 0 Å². The van der Waals surface area contributed by atoms with Crippen molar-refractivity contribution < 1.29 is 0 Å². The smallest absolute Gasteiger partial charge is 0.0649 e. The summed E-state index contributed by atoms with van der Waals surface area (Å²) in [5.41, 5.74) is 2.39. The topological polar surface area (TPSA) is 29.9 Å². The molecule has 1 aromatic heterocycles. The summed E-state index contributed by atoms with van der Waals surface area (Å²) >= 11 is 0. The van der Waals surface area contributed by atoms with Crippen LogP contribution in [0.15, 0.2) is 42.6 Å². The number of rotatable bonds is 3. The maximum absolute atomic E-state index is 4.36. The van der Waals surface area contributed by atoms with E-state index in [9.17, 15) is 0 Å². The van der Waals surface area contributed by atoms with E-state index in [2.05, 4.69) is 43.3 Å². The van der Waals surface area contributed by atoms with E-state index in [4.69, 9.17) is 0 Å². The van der Waals surface area contributed by atoms with Crippen molar-refractivity contribution in [3.05, 3.63) is 48.3 Å². The van der Waals surface area contributed by atoms with Gasteiger partial charge >= 0.3 is 0 Å². The minimum Gasteiger partial charge on any atom is -0.306 e. The molecule has 2 aromatic rings. The molecule has 0 aliphatic heterocycles. The Kier molecular flexibility index (Phi) is 3.29. The van der Waals surface area contributed by atoms with Crippen LogP contribution in [0.2, 0.25) is 0 Å². The Bertz CT molecular complexity index is 466. The van der Waals surface area contributed by atoms with Crippen molar-refractivity contribution in [3.63, 3.8) is 0 Å². The van der Waals surface area contributed by atoms with Crippen LogP contribution in [0.3, 0.4) is 0 Å². The summed E-state index contributed by atoms with van der Waals surface area (Å²) in [7, 11) is 0. The van der Waals surface area contributed by atoms with Crippen LogP contribution in [0.5, 0.6) is 0 Å². The van der Waals surface area contributed by atoms with Gasteiger partial charge in [0.2, 0.25) is 0 Å². The van der Waals surface area contributed by atoms with Gasteiger partial charge in [-0.25, -0.2) is 4.68 Å². The normalized spacial score (nSPS) is 11.7. The Labute approximate surface area is 102 Å². The summed E-state index contributed by atoms with van der Waals surface area (Å²) in [6.07, 6.45) is 1.84. The fourth-order valence-corrected chi connectivity index (χ4v) is 1.62. The predicted molar refractivity (Wildman–Crippen MR) is 70.2 cm³/mol. The van der Waals surface area contributed by atoms with E-state index < -0.39 is 0 Å². The molecule has 0 saturated carbocycles. The second-order valence-electron chi connectivity index (χ2n) is 5.17. The van der Waals surface area contributed by atoms with Crippen LogP contribution in [-0.4, -0.2) is 15.3 Å². The standard InChI is InChI=1S/C14H19N3/c1-14(2,3)15-11-13-9-10-16-17(13)12-7-5-4-6-8-12/h4-10,15H,11H2,1-3H3. The molecular weight excluding hydrogens is 210 g/mol. The van der Waals surface area contributed by atoms with Gasteiger partial charge in [0.15, 0.2) is 0 Å². The van der Waals surface area contributed by atoms with Gasteiger partial charge in [-0.15, -0.1) is 0 Å². The highest BCUT2D eigenvalue weighted by Gasteiger charge is 2.11. The number of nitrogens with zero attached hydrogens (tertiary/aromatic N) is 2. The summed E-state index contributed by atoms with van der Waals surface area (Å²) in [5, 5.41) is 7.84. The van der Waals surface area contributed by atoms with Gasteiger partial charge in [0.05, 0.1) is 11.4 Å². The van der Waals surface area contributed by atoms with Crippen LogP contribution in [0.4, 0.5) is 0 Å². The van der Waals surface area contributed by atoms with Crippen LogP contribution in [-0.2, 0) is 6.54 Å².